The Labute approximate surface area is 116 Å². The molecule has 0 aliphatic heterocycles. The quantitative estimate of drug-likeness (QED) is 0.580. The van der Waals surface area contributed by atoms with Gasteiger partial charge in [-0.15, -0.1) is 0 Å². The number of amides is 2. The molecule has 3 N–H and O–H groups in total. The van der Waals surface area contributed by atoms with Gasteiger partial charge in [0.05, 0.1) is 20.6 Å². The Hall–Kier alpha value is -1.10. The standard InChI is InChI=1S/C14H27N3O2/c1-11(10-17(2)3)9-15-13(18)14(19)16-12-7-5-4-6-8-12/h11-12H,4-10H2,1-3H3,(H,15,18)(H,16,19)/p+1/t11-/m0/s1. The zero-order valence-corrected chi connectivity index (χ0v) is 12.4. The molecule has 0 aromatic carbocycles. The minimum atomic E-state index is -0.494. The van der Waals surface area contributed by atoms with Gasteiger partial charge >= 0.3 is 11.8 Å². The van der Waals surface area contributed by atoms with Gasteiger partial charge in [-0.05, 0) is 12.8 Å². The predicted octanol–water partition coefficient (Wildman–Crippen LogP) is -0.668. The van der Waals surface area contributed by atoms with E-state index in [9.17, 15) is 9.59 Å². The maximum atomic E-state index is 11.7. The van der Waals surface area contributed by atoms with Gasteiger partial charge in [-0.2, -0.15) is 0 Å². The smallest absolute Gasteiger partial charge is 0.309 e. The van der Waals surface area contributed by atoms with E-state index in [-0.39, 0.29) is 6.04 Å². The SMILES string of the molecule is C[C@@H](CNC(=O)C(=O)NC1CCCCC1)C[NH+](C)C. The Morgan fingerprint density at radius 3 is 2.37 bits per heavy atom. The number of rotatable bonds is 5. The highest BCUT2D eigenvalue weighted by molar-refractivity contribution is 6.35. The molecule has 0 spiro atoms. The summed E-state index contributed by atoms with van der Waals surface area (Å²) < 4.78 is 0. The monoisotopic (exact) mass is 270 g/mol. The third kappa shape index (κ3) is 6.57. The van der Waals surface area contributed by atoms with Crippen molar-refractivity contribution in [1.82, 2.24) is 10.6 Å². The van der Waals surface area contributed by atoms with E-state index < -0.39 is 11.8 Å². The van der Waals surface area contributed by atoms with Gasteiger partial charge in [0.1, 0.15) is 0 Å². The normalized spacial score (nSPS) is 18.1. The average Bonchev–Trinajstić information content (AvgIpc) is 2.36. The molecular weight excluding hydrogens is 242 g/mol. The zero-order valence-electron chi connectivity index (χ0n) is 12.4. The van der Waals surface area contributed by atoms with Crippen molar-refractivity contribution in [3.8, 4) is 0 Å². The molecule has 2 amide bonds. The minimum Gasteiger partial charge on any atom is -0.347 e. The Balaban J connectivity index is 2.22. The van der Waals surface area contributed by atoms with Crippen molar-refractivity contribution in [1.29, 1.82) is 0 Å². The Bertz CT molecular complexity index is 299. The van der Waals surface area contributed by atoms with Gasteiger partial charge in [-0.25, -0.2) is 0 Å². The van der Waals surface area contributed by atoms with Crippen LogP contribution in [-0.2, 0) is 9.59 Å². The van der Waals surface area contributed by atoms with Gasteiger partial charge in [-0.3, -0.25) is 9.59 Å². The molecular formula is C14H28N3O2+. The Kier molecular flexibility index (Phi) is 6.84. The van der Waals surface area contributed by atoms with E-state index in [1.54, 1.807) is 0 Å². The highest BCUT2D eigenvalue weighted by Gasteiger charge is 2.20. The van der Waals surface area contributed by atoms with Crippen molar-refractivity contribution in [3.63, 3.8) is 0 Å². The summed E-state index contributed by atoms with van der Waals surface area (Å²) >= 11 is 0. The van der Waals surface area contributed by atoms with Gasteiger partial charge in [0.2, 0.25) is 0 Å². The van der Waals surface area contributed by atoms with Crippen LogP contribution in [0.5, 0.6) is 0 Å². The molecule has 1 saturated carbocycles. The fourth-order valence-electron chi connectivity index (χ4n) is 2.61. The molecule has 0 heterocycles. The first-order chi connectivity index (χ1) is 8.99. The third-order valence-corrected chi connectivity index (χ3v) is 3.51. The van der Waals surface area contributed by atoms with E-state index in [0.717, 1.165) is 32.2 Å². The van der Waals surface area contributed by atoms with E-state index in [0.29, 0.717) is 12.5 Å². The van der Waals surface area contributed by atoms with Crippen LogP contribution in [0.25, 0.3) is 0 Å². The average molecular weight is 270 g/mol. The molecule has 1 aliphatic carbocycles. The fourth-order valence-corrected chi connectivity index (χ4v) is 2.61. The molecule has 0 unspecified atom stereocenters. The maximum absolute atomic E-state index is 11.7. The van der Waals surface area contributed by atoms with E-state index in [1.165, 1.54) is 11.3 Å². The molecule has 0 aromatic heterocycles. The van der Waals surface area contributed by atoms with Crippen molar-refractivity contribution < 1.29 is 14.5 Å². The van der Waals surface area contributed by atoms with E-state index in [4.69, 9.17) is 0 Å². The molecule has 1 rings (SSSR count). The highest BCUT2D eigenvalue weighted by Crippen LogP contribution is 2.17. The van der Waals surface area contributed by atoms with Crippen LogP contribution in [-0.4, -0.2) is 45.0 Å². The van der Waals surface area contributed by atoms with Crippen molar-refractivity contribution in [2.75, 3.05) is 27.2 Å². The second-order valence-electron chi connectivity index (χ2n) is 6.03. The maximum Gasteiger partial charge on any atom is 0.309 e. The predicted molar refractivity (Wildman–Crippen MR) is 74.9 cm³/mol. The molecule has 0 bridgehead atoms. The molecule has 1 aliphatic rings. The lowest BCUT2D eigenvalue weighted by Crippen LogP contribution is -3.06. The van der Waals surface area contributed by atoms with E-state index >= 15 is 0 Å². The molecule has 0 saturated heterocycles. The Morgan fingerprint density at radius 1 is 1.16 bits per heavy atom. The van der Waals surface area contributed by atoms with Crippen LogP contribution in [0.15, 0.2) is 0 Å². The fraction of sp³-hybridized carbons (Fsp3) is 0.857. The first kappa shape index (κ1) is 16.0. The summed E-state index contributed by atoms with van der Waals surface area (Å²) in [5, 5.41) is 5.54. The zero-order chi connectivity index (χ0) is 14.3. The molecule has 5 heteroatoms. The molecule has 1 atom stereocenters. The first-order valence-corrected chi connectivity index (χ1v) is 7.36. The second-order valence-corrected chi connectivity index (χ2v) is 6.03. The van der Waals surface area contributed by atoms with Crippen molar-refractivity contribution >= 4 is 11.8 Å². The lowest BCUT2D eigenvalue weighted by molar-refractivity contribution is -0.861. The summed E-state index contributed by atoms with van der Waals surface area (Å²) in [6, 6.07) is 0.190. The highest BCUT2D eigenvalue weighted by atomic mass is 16.2. The summed E-state index contributed by atoms with van der Waals surface area (Å²) in [4.78, 5) is 24.7. The number of hydrogen-bond acceptors (Lipinski definition) is 2. The van der Waals surface area contributed by atoms with Crippen LogP contribution in [0.1, 0.15) is 39.0 Å². The van der Waals surface area contributed by atoms with Crippen molar-refractivity contribution in [2.24, 2.45) is 5.92 Å². The van der Waals surface area contributed by atoms with Crippen LogP contribution >= 0.6 is 0 Å². The number of quaternary nitrogens is 1. The number of hydrogen-bond donors (Lipinski definition) is 3. The summed E-state index contributed by atoms with van der Waals surface area (Å²) in [5.74, 6) is -0.598. The summed E-state index contributed by atoms with van der Waals surface area (Å²) in [7, 11) is 4.15. The first-order valence-electron chi connectivity index (χ1n) is 7.36. The molecule has 5 nitrogen and oxygen atoms in total. The topological polar surface area (TPSA) is 62.6 Å². The van der Waals surface area contributed by atoms with Crippen molar-refractivity contribution in [2.45, 2.75) is 45.1 Å². The number of nitrogens with one attached hydrogen (secondary N) is 3. The lowest BCUT2D eigenvalue weighted by Gasteiger charge is -2.22. The van der Waals surface area contributed by atoms with E-state index in [2.05, 4.69) is 31.7 Å². The molecule has 110 valence electrons. The largest absolute Gasteiger partial charge is 0.347 e. The van der Waals surface area contributed by atoms with Gasteiger partial charge in [0.25, 0.3) is 0 Å². The molecule has 19 heavy (non-hydrogen) atoms. The molecule has 0 radical (unpaired) electrons. The summed E-state index contributed by atoms with van der Waals surface area (Å²) in [6.07, 6.45) is 5.53. The Morgan fingerprint density at radius 2 is 1.79 bits per heavy atom. The summed E-state index contributed by atoms with van der Waals surface area (Å²) in [6.45, 7) is 3.61. The summed E-state index contributed by atoms with van der Waals surface area (Å²) in [5.41, 5.74) is 0. The van der Waals surface area contributed by atoms with Crippen LogP contribution < -0.4 is 15.5 Å². The van der Waals surface area contributed by atoms with Crippen molar-refractivity contribution in [3.05, 3.63) is 0 Å². The lowest BCUT2D eigenvalue weighted by atomic mass is 9.95. The third-order valence-electron chi connectivity index (χ3n) is 3.51. The molecule has 0 aromatic rings. The van der Waals surface area contributed by atoms with Crippen LogP contribution in [0.2, 0.25) is 0 Å². The van der Waals surface area contributed by atoms with Crippen LogP contribution in [0, 0.1) is 5.92 Å². The number of carbonyl (C=O) groups excluding carboxylic acids is 2. The van der Waals surface area contributed by atoms with Gasteiger partial charge in [-0.1, -0.05) is 26.2 Å². The molecule has 1 fully saturated rings. The second kappa shape index (κ2) is 8.15. The van der Waals surface area contributed by atoms with Gasteiger partial charge in [0.15, 0.2) is 0 Å². The van der Waals surface area contributed by atoms with Crippen LogP contribution in [0.4, 0.5) is 0 Å². The van der Waals surface area contributed by atoms with Gasteiger partial charge in [0, 0.05) is 18.5 Å². The van der Waals surface area contributed by atoms with Crippen LogP contribution in [0.3, 0.4) is 0 Å². The number of carbonyl (C=O) groups is 2. The minimum absolute atomic E-state index is 0.190. The van der Waals surface area contributed by atoms with E-state index in [1.807, 2.05) is 0 Å². The van der Waals surface area contributed by atoms with Gasteiger partial charge < -0.3 is 15.5 Å².